The van der Waals surface area contributed by atoms with Crippen molar-refractivity contribution < 1.29 is 14.6 Å². The fourth-order valence-corrected chi connectivity index (χ4v) is 1.90. The number of nitrogens with one attached hydrogen (secondary N) is 1. The summed E-state index contributed by atoms with van der Waals surface area (Å²) in [5.74, 6) is -0.237. The summed E-state index contributed by atoms with van der Waals surface area (Å²) in [7, 11) is 0. The quantitative estimate of drug-likeness (QED) is 0.732. The van der Waals surface area contributed by atoms with Gasteiger partial charge < -0.3 is 20.9 Å². The molecule has 0 saturated heterocycles. The molecule has 0 aliphatic rings. The Balaban J connectivity index is 2.22. The zero-order valence-electron chi connectivity index (χ0n) is 12.0. The average molecular weight is 286 g/mol. The van der Waals surface area contributed by atoms with Crippen LogP contribution in [0.1, 0.15) is 24.2 Å². The highest BCUT2D eigenvalue weighted by Crippen LogP contribution is 2.25. The minimum atomic E-state index is -1.00. The number of carboxylic acids is 1. The van der Waals surface area contributed by atoms with Gasteiger partial charge in [0, 0.05) is 11.4 Å². The first kappa shape index (κ1) is 14.7. The van der Waals surface area contributed by atoms with Gasteiger partial charge in [0.05, 0.1) is 17.4 Å². The van der Waals surface area contributed by atoms with E-state index in [1.165, 1.54) is 6.07 Å². The Kier molecular flexibility index (Phi) is 4.33. The predicted octanol–water partition coefficient (Wildman–Crippen LogP) is 3.50. The Labute approximate surface area is 123 Å². The maximum atomic E-state index is 11.2. The van der Waals surface area contributed by atoms with Crippen molar-refractivity contribution in [1.29, 1.82) is 0 Å². The van der Waals surface area contributed by atoms with Crippen LogP contribution in [-0.4, -0.2) is 17.2 Å². The Morgan fingerprint density at radius 3 is 2.43 bits per heavy atom. The molecule has 5 heteroatoms. The molecule has 0 fully saturated rings. The molecule has 0 saturated carbocycles. The van der Waals surface area contributed by atoms with E-state index in [0.29, 0.717) is 11.4 Å². The highest BCUT2D eigenvalue weighted by Gasteiger charge is 2.10. The van der Waals surface area contributed by atoms with Gasteiger partial charge in [-0.2, -0.15) is 0 Å². The SMILES string of the molecule is CC(C)Oc1ccc(Nc2cc(N)ccc2C(=O)O)cc1. The summed E-state index contributed by atoms with van der Waals surface area (Å²) in [6, 6.07) is 12.0. The monoisotopic (exact) mass is 286 g/mol. The number of hydrogen-bond donors (Lipinski definition) is 3. The van der Waals surface area contributed by atoms with Crippen molar-refractivity contribution in [3.8, 4) is 5.75 Å². The number of carboxylic acid groups (broad SMARTS) is 1. The van der Waals surface area contributed by atoms with Crippen molar-refractivity contribution in [2.24, 2.45) is 0 Å². The molecule has 4 N–H and O–H groups in total. The molecule has 21 heavy (non-hydrogen) atoms. The average Bonchev–Trinajstić information content (AvgIpc) is 2.40. The second-order valence-corrected chi connectivity index (χ2v) is 4.93. The fraction of sp³-hybridized carbons (Fsp3) is 0.188. The summed E-state index contributed by atoms with van der Waals surface area (Å²) in [5.41, 5.74) is 7.60. The van der Waals surface area contributed by atoms with Gasteiger partial charge in [-0.05, 0) is 56.3 Å². The van der Waals surface area contributed by atoms with Crippen molar-refractivity contribution in [1.82, 2.24) is 0 Å². The lowest BCUT2D eigenvalue weighted by Crippen LogP contribution is -2.06. The maximum Gasteiger partial charge on any atom is 0.337 e. The number of ether oxygens (including phenoxy) is 1. The van der Waals surface area contributed by atoms with Crippen molar-refractivity contribution in [2.75, 3.05) is 11.1 Å². The van der Waals surface area contributed by atoms with Crippen LogP contribution in [0.3, 0.4) is 0 Å². The predicted molar refractivity (Wildman–Crippen MR) is 83.3 cm³/mol. The standard InChI is InChI=1S/C16H18N2O3/c1-10(2)21-13-6-4-12(5-7-13)18-15-9-11(17)3-8-14(15)16(19)20/h3-10,18H,17H2,1-2H3,(H,19,20). The number of hydrogen-bond acceptors (Lipinski definition) is 4. The third kappa shape index (κ3) is 3.89. The minimum absolute atomic E-state index is 0.108. The molecule has 0 aliphatic heterocycles. The van der Waals surface area contributed by atoms with Crippen LogP contribution in [0.5, 0.6) is 5.75 Å². The largest absolute Gasteiger partial charge is 0.491 e. The summed E-state index contributed by atoms with van der Waals surface area (Å²) in [6.07, 6.45) is 0.108. The number of benzene rings is 2. The molecule has 0 atom stereocenters. The lowest BCUT2D eigenvalue weighted by molar-refractivity contribution is 0.0698. The van der Waals surface area contributed by atoms with E-state index in [4.69, 9.17) is 10.5 Å². The van der Waals surface area contributed by atoms with E-state index in [9.17, 15) is 9.90 Å². The number of anilines is 3. The molecule has 0 unspecified atom stereocenters. The Bertz CT molecular complexity index is 636. The molecular weight excluding hydrogens is 268 g/mol. The number of nitrogens with two attached hydrogens (primary N) is 1. The molecule has 110 valence electrons. The van der Waals surface area contributed by atoms with Gasteiger partial charge in [0.2, 0.25) is 0 Å². The van der Waals surface area contributed by atoms with Crippen LogP contribution in [0, 0.1) is 0 Å². The topological polar surface area (TPSA) is 84.6 Å². The lowest BCUT2D eigenvalue weighted by Gasteiger charge is -2.12. The summed E-state index contributed by atoms with van der Waals surface area (Å²) >= 11 is 0. The van der Waals surface area contributed by atoms with Crippen LogP contribution in [-0.2, 0) is 0 Å². The molecule has 0 radical (unpaired) electrons. The molecule has 2 aromatic carbocycles. The van der Waals surface area contributed by atoms with Crippen LogP contribution < -0.4 is 15.8 Å². The first-order valence-electron chi connectivity index (χ1n) is 6.62. The summed E-state index contributed by atoms with van der Waals surface area (Å²) in [5, 5.41) is 12.2. The summed E-state index contributed by atoms with van der Waals surface area (Å²) in [6.45, 7) is 3.91. The molecule has 5 nitrogen and oxygen atoms in total. The van der Waals surface area contributed by atoms with Crippen molar-refractivity contribution in [3.05, 3.63) is 48.0 Å². The third-order valence-electron chi connectivity index (χ3n) is 2.78. The van der Waals surface area contributed by atoms with E-state index in [2.05, 4.69) is 5.32 Å². The van der Waals surface area contributed by atoms with Crippen LogP contribution >= 0.6 is 0 Å². The van der Waals surface area contributed by atoms with Gasteiger partial charge in [0.1, 0.15) is 5.75 Å². The molecule has 0 heterocycles. The van der Waals surface area contributed by atoms with E-state index >= 15 is 0 Å². The number of nitrogen functional groups attached to an aromatic ring is 1. The third-order valence-corrected chi connectivity index (χ3v) is 2.78. The first-order chi connectivity index (χ1) is 9.95. The van der Waals surface area contributed by atoms with Gasteiger partial charge in [-0.3, -0.25) is 0 Å². The maximum absolute atomic E-state index is 11.2. The van der Waals surface area contributed by atoms with Gasteiger partial charge in [-0.1, -0.05) is 0 Å². The Morgan fingerprint density at radius 2 is 1.86 bits per heavy atom. The lowest BCUT2D eigenvalue weighted by atomic mass is 10.1. The van der Waals surface area contributed by atoms with Crippen LogP contribution in [0.4, 0.5) is 17.1 Å². The molecular formula is C16H18N2O3. The van der Waals surface area contributed by atoms with Gasteiger partial charge in [-0.15, -0.1) is 0 Å². The van der Waals surface area contributed by atoms with Gasteiger partial charge >= 0.3 is 5.97 Å². The smallest absolute Gasteiger partial charge is 0.337 e. The van der Waals surface area contributed by atoms with Crippen molar-refractivity contribution >= 4 is 23.0 Å². The second kappa shape index (κ2) is 6.17. The first-order valence-corrected chi connectivity index (χ1v) is 6.62. The van der Waals surface area contributed by atoms with Gasteiger partial charge in [0.15, 0.2) is 0 Å². The van der Waals surface area contributed by atoms with E-state index < -0.39 is 5.97 Å². The molecule has 0 aromatic heterocycles. The Morgan fingerprint density at radius 1 is 1.19 bits per heavy atom. The molecule has 0 spiro atoms. The zero-order valence-corrected chi connectivity index (χ0v) is 12.0. The highest BCUT2D eigenvalue weighted by atomic mass is 16.5. The molecule has 0 aliphatic carbocycles. The minimum Gasteiger partial charge on any atom is -0.491 e. The zero-order chi connectivity index (χ0) is 15.4. The van der Waals surface area contributed by atoms with Crippen LogP contribution in [0.25, 0.3) is 0 Å². The number of carbonyl (C=O) groups is 1. The molecule has 2 aromatic rings. The Hall–Kier alpha value is -2.69. The fourth-order valence-electron chi connectivity index (χ4n) is 1.90. The number of rotatable bonds is 5. The van der Waals surface area contributed by atoms with E-state index in [0.717, 1.165) is 11.4 Å². The summed E-state index contributed by atoms with van der Waals surface area (Å²) in [4.78, 5) is 11.2. The van der Waals surface area contributed by atoms with E-state index in [1.54, 1.807) is 12.1 Å². The van der Waals surface area contributed by atoms with Crippen LogP contribution in [0.2, 0.25) is 0 Å². The molecule has 0 bridgehead atoms. The van der Waals surface area contributed by atoms with Crippen molar-refractivity contribution in [2.45, 2.75) is 20.0 Å². The van der Waals surface area contributed by atoms with Crippen molar-refractivity contribution in [3.63, 3.8) is 0 Å². The molecule has 2 rings (SSSR count). The van der Waals surface area contributed by atoms with E-state index in [-0.39, 0.29) is 11.7 Å². The number of aromatic carboxylic acids is 1. The molecule has 0 amide bonds. The normalized spacial score (nSPS) is 10.4. The summed E-state index contributed by atoms with van der Waals surface area (Å²) < 4.78 is 5.56. The van der Waals surface area contributed by atoms with Gasteiger partial charge in [0.25, 0.3) is 0 Å². The van der Waals surface area contributed by atoms with Gasteiger partial charge in [-0.25, -0.2) is 4.79 Å². The van der Waals surface area contributed by atoms with E-state index in [1.807, 2.05) is 38.1 Å². The second-order valence-electron chi connectivity index (χ2n) is 4.93. The highest BCUT2D eigenvalue weighted by molar-refractivity contribution is 5.96. The van der Waals surface area contributed by atoms with Crippen LogP contribution in [0.15, 0.2) is 42.5 Å².